The summed E-state index contributed by atoms with van der Waals surface area (Å²) in [7, 11) is -3.47. The van der Waals surface area contributed by atoms with E-state index in [0.717, 1.165) is 5.56 Å². The number of tetrazole rings is 1. The van der Waals surface area contributed by atoms with Gasteiger partial charge in [-0.15, -0.1) is 10.2 Å². The monoisotopic (exact) mass is 267 g/mol. The van der Waals surface area contributed by atoms with Crippen molar-refractivity contribution >= 4 is 10.0 Å². The Bertz CT molecular complexity index is 609. The minimum Gasteiger partial charge on any atom is -0.211 e. The summed E-state index contributed by atoms with van der Waals surface area (Å²) in [6.07, 6.45) is 0.390. The molecule has 7 nitrogen and oxygen atoms in total. The van der Waals surface area contributed by atoms with E-state index in [0.29, 0.717) is 12.2 Å². The first-order chi connectivity index (χ1) is 8.58. The van der Waals surface area contributed by atoms with E-state index in [1.165, 1.54) is 0 Å². The maximum atomic E-state index is 11.9. The van der Waals surface area contributed by atoms with Crippen LogP contribution in [0.2, 0.25) is 0 Å². The van der Waals surface area contributed by atoms with Gasteiger partial charge in [0.25, 0.3) is 0 Å². The van der Waals surface area contributed by atoms with Gasteiger partial charge in [0.15, 0.2) is 5.82 Å². The third-order valence-corrected chi connectivity index (χ3v) is 3.79. The molecule has 0 bridgehead atoms. The Labute approximate surface area is 105 Å². The number of nitrogens with one attached hydrogen (secondary N) is 2. The average Bonchev–Trinajstić information content (AvgIpc) is 2.82. The van der Waals surface area contributed by atoms with Crippen molar-refractivity contribution in [2.75, 3.05) is 6.54 Å². The molecule has 96 valence electrons. The highest BCUT2D eigenvalue weighted by atomic mass is 32.2. The lowest BCUT2D eigenvalue weighted by molar-refractivity contribution is 0.580. The van der Waals surface area contributed by atoms with Gasteiger partial charge in [-0.3, -0.25) is 0 Å². The molecule has 0 aliphatic carbocycles. The summed E-state index contributed by atoms with van der Waals surface area (Å²) in [4.78, 5) is 0.260. The number of sulfonamides is 1. The molecule has 2 aromatic rings. The van der Waals surface area contributed by atoms with Crippen molar-refractivity contribution in [1.82, 2.24) is 25.3 Å². The van der Waals surface area contributed by atoms with E-state index in [1.54, 1.807) is 18.2 Å². The van der Waals surface area contributed by atoms with E-state index in [-0.39, 0.29) is 11.4 Å². The lowest BCUT2D eigenvalue weighted by atomic mass is 10.2. The van der Waals surface area contributed by atoms with Crippen molar-refractivity contribution in [2.24, 2.45) is 0 Å². The van der Waals surface area contributed by atoms with Gasteiger partial charge in [-0.05, 0) is 24.6 Å². The zero-order valence-corrected chi connectivity index (χ0v) is 10.6. The van der Waals surface area contributed by atoms with E-state index in [2.05, 4.69) is 25.3 Å². The van der Waals surface area contributed by atoms with Crippen molar-refractivity contribution < 1.29 is 8.42 Å². The summed E-state index contributed by atoms with van der Waals surface area (Å²) in [5.74, 6) is 0.474. The summed E-state index contributed by atoms with van der Waals surface area (Å²) >= 11 is 0. The zero-order chi connectivity index (χ0) is 13.0. The number of rotatable bonds is 5. The van der Waals surface area contributed by atoms with E-state index in [9.17, 15) is 8.42 Å². The summed E-state index contributed by atoms with van der Waals surface area (Å²) in [6, 6.07) is 6.74. The second-order valence-electron chi connectivity index (χ2n) is 3.79. The van der Waals surface area contributed by atoms with Crippen molar-refractivity contribution in [3.8, 4) is 0 Å². The maximum Gasteiger partial charge on any atom is 0.240 e. The molecule has 2 rings (SSSR count). The van der Waals surface area contributed by atoms with Crippen LogP contribution in [0.3, 0.4) is 0 Å². The van der Waals surface area contributed by atoms with Crippen molar-refractivity contribution in [1.29, 1.82) is 0 Å². The third-order valence-electron chi connectivity index (χ3n) is 2.33. The normalized spacial score (nSPS) is 11.6. The Morgan fingerprint density at radius 1 is 1.39 bits per heavy atom. The van der Waals surface area contributed by atoms with Gasteiger partial charge >= 0.3 is 0 Å². The fourth-order valence-electron chi connectivity index (χ4n) is 1.45. The van der Waals surface area contributed by atoms with Crippen LogP contribution in [-0.4, -0.2) is 35.6 Å². The number of aryl methyl sites for hydroxylation is 1. The standard InChI is InChI=1S/C10H13N5O2S/c1-8-3-2-4-9(7-8)18(16,17)11-6-5-10-12-14-15-13-10/h2-4,7,11H,5-6H2,1H3,(H,12,13,14,15). The SMILES string of the molecule is Cc1cccc(S(=O)(=O)NCCc2nn[nH]n2)c1. The predicted octanol–water partition coefficient (Wildman–Crippen LogP) is 0.0291. The lowest BCUT2D eigenvalue weighted by Crippen LogP contribution is -2.26. The van der Waals surface area contributed by atoms with E-state index in [4.69, 9.17) is 0 Å². The first-order valence-electron chi connectivity index (χ1n) is 5.36. The number of hydrogen-bond acceptors (Lipinski definition) is 5. The van der Waals surface area contributed by atoms with Crippen LogP contribution in [0, 0.1) is 6.92 Å². The fraction of sp³-hybridized carbons (Fsp3) is 0.300. The van der Waals surface area contributed by atoms with Gasteiger partial charge in [-0.2, -0.15) is 5.21 Å². The molecule has 1 aromatic heterocycles. The van der Waals surface area contributed by atoms with Crippen LogP contribution in [0.15, 0.2) is 29.2 Å². The van der Waals surface area contributed by atoms with Crippen LogP contribution in [-0.2, 0) is 16.4 Å². The largest absolute Gasteiger partial charge is 0.240 e. The zero-order valence-electron chi connectivity index (χ0n) is 9.79. The molecular weight excluding hydrogens is 254 g/mol. The summed E-state index contributed by atoms with van der Waals surface area (Å²) in [5, 5.41) is 13.2. The van der Waals surface area contributed by atoms with Crippen molar-refractivity contribution in [3.63, 3.8) is 0 Å². The summed E-state index contributed by atoms with van der Waals surface area (Å²) in [5.41, 5.74) is 0.899. The Morgan fingerprint density at radius 3 is 2.89 bits per heavy atom. The van der Waals surface area contributed by atoms with Crippen LogP contribution >= 0.6 is 0 Å². The van der Waals surface area contributed by atoms with Gasteiger partial charge in [0.05, 0.1) is 4.90 Å². The number of H-pyrrole nitrogens is 1. The summed E-state index contributed by atoms with van der Waals surface area (Å²) in [6.45, 7) is 2.08. The quantitative estimate of drug-likeness (QED) is 0.796. The van der Waals surface area contributed by atoms with Gasteiger partial charge in [0, 0.05) is 13.0 Å². The molecule has 0 spiro atoms. The topological polar surface area (TPSA) is 101 Å². The Balaban J connectivity index is 1.99. The van der Waals surface area contributed by atoms with Gasteiger partial charge in [0.2, 0.25) is 10.0 Å². The lowest BCUT2D eigenvalue weighted by Gasteiger charge is -2.06. The molecule has 1 aromatic carbocycles. The molecule has 2 N–H and O–H groups in total. The molecule has 0 amide bonds. The van der Waals surface area contributed by atoms with Crippen LogP contribution in [0.4, 0.5) is 0 Å². The van der Waals surface area contributed by atoms with E-state index < -0.39 is 10.0 Å². The highest BCUT2D eigenvalue weighted by molar-refractivity contribution is 7.89. The molecule has 18 heavy (non-hydrogen) atoms. The predicted molar refractivity (Wildman–Crippen MR) is 64.2 cm³/mol. The second-order valence-corrected chi connectivity index (χ2v) is 5.56. The van der Waals surface area contributed by atoms with Crippen molar-refractivity contribution in [3.05, 3.63) is 35.7 Å². The van der Waals surface area contributed by atoms with Gasteiger partial charge in [-0.25, -0.2) is 13.1 Å². The minimum absolute atomic E-state index is 0.232. The van der Waals surface area contributed by atoms with Gasteiger partial charge < -0.3 is 0 Å². The van der Waals surface area contributed by atoms with E-state index in [1.807, 2.05) is 13.0 Å². The van der Waals surface area contributed by atoms with Gasteiger partial charge in [-0.1, -0.05) is 17.3 Å². The molecule has 0 atom stereocenters. The second kappa shape index (κ2) is 5.23. The molecule has 0 radical (unpaired) electrons. The fourth-order valence-corrected chi connectivity index (χ4v) is 2.59. The number of nitrogens with zero attached hydrogens (tertiary/aromatic N) is 3. The van der Waals surface area contributed by atoms with Crippen LogP contribution < -0.4 is 4.72 Å². The van der Waals surface area contributed by atoms with Crippen LogP contribution in [0.1, 0.15) is 11.4 Å². The molecule has 8 heteroatoms. The van der Waals surface area contributed by atoms with Crippen molar-refractivity contribution in [2.45, 2.75) is 18.2 Å². The summed E-state index contributed by atoms with van der Waals surface area (Å²) < 4.78 is 26.4. The average molecular weight is 267 g/mol. The number of benzene rings is 1. The van der Waals surface area contributed by atoms with Crippen LogP contribution in [0.25, 0.3) is 0 Å². The van der Waals surface area contributed by atoms with Gasteiger partial charge in [0.1, 0.15) is 0 Å². The minimum atomic E-state index is -3.47. The first kappa shape index (κ1) is 12.7. The van der Waals surface area contributed by atoms with E-state index >= 15 is 0 Å². The molecule has 0 aliphatic heterocycles. The first-order valence-corrected chi connectivity index (χ1v) is 6.85. The highest BCUT2D eigenvalue weighted by Crippen LogP contribution is 2.10. The Morgan fingerprint density at radius 2 is 2.22 bits per heavy atom. The molecule has 0 saturated heterocycles. The molecular formula is C10H13N5O2S. The molecule has 0 fully saturated rings. The highest BCUT2D eigenvalue weighted by Gasteiger charge is 2.13. The Kier molecular flexibility index (Phi) is 3.68. The smallest absolute Gasteiger partial charge is 0.211 e. The van der Waals surface area contributed by atoms with Crippen LogP contribution in [0.5, 0.6) is 0 Å². The molecule has 0 unspecified atom stereocenters. The maximum absolute atomic E-state index is 11.9. The molecule has 1 heterocycles. The number of aromatic amines is 1. The number of hydrogen-bond donors (Lipinski definition) is 2. The third kappa shape index (κ3) is 3.11. The molecule has 0 aliphatic rings. The number of aromatic nitrogens is 4. The molecule has 0 saturated carbocycles. The Hall–Kier alpha value is -1.80.